The van der Waals surface area contributed by atoms with Gasteiger partial charge in [0.15, 0.2) is 0 Å². The fourth-order valence-corrected chi connectivity index (χ4v) is 3.59. The number of anilines is 1. The SMILES string of the molecule is Cc1cc(-c2c(C)cccc2F)cc(NC[C@H]2CCNC2)c1C=C(N)N. The van der Waals surface area contributed by atoms with Crippen molar-refractivity contribution in [1.82, 2.24) is 5.32 Å². The zero-order valence-electron chi connectivity index (χ0n) is 15.4. The molecule has 0 unspecified atom stereocenters. The lowest BCUT2D eigenvalue weighted by atomic mass is 9.94. The van der Waals surface area contributed by atoms with Gasteiger partial charge in [0.2, 0.25) is 0 Å². The Balaban J connectivity index is 2.03. The third kappa shape index (κ3) is 3.99. The van der Waals surface area contributed by atoms with Gasteiger partial charge in [0, 0.05) is 23.4 Å². The number of halogens is 1. The molecule has 0 aliphatic carbocycles. The van der Waals surface area contributed by atoms with E-state index in [1.165, 1.54) is 6.07 Å². The Hall–Kier alpha value is -2.53. The van der Waals surface area contributed by atoms with Crippen molar-refractivity contribution in [2.45, 2.75) is 20.3 Å². The van der Waals surface area contributed by atoms with E-state index in [1.807, 2.05) is 32.0 Å². The fourth-order valence-electron chi connectivity index (χ4n) is 3.59. The Kier molecular flexibility index (Phi) is 5.47. The van der Waals surface area contributed by atoms with E-state index in [-0.39, 0.29) is 11.6 Å². The van der Waals surface area contributed by atoms with E-state index in [9.17, 15) is 4.39 Å². The van der Waals surface area contributed by atoms with Crippen molar-refractivity contribution in [3.8, 4) is 11.1 Å². The molecular weight excluding hydrogens is 327 g/mol. The molecule has 5 heteroatoms. The van der Waals surface area contributed by atoms with Crippen LogP contribution in [0.4, 0.5) is 10.1 Å². The molecule has 1 atom stereocenters. The summed E-state index contributed by atoms with van der Waals surface area (Å²) < 4.78 is 14.5. The largest absolute Gasteiger partial charge is 0.386 e. The minimum absolute atomic E-state index is 0.211. The summed E-state index contributed by atoms with van der Waals surface area (Å²) in [6.07, 6.45) is 2.92. The summed E-state index contributed by atoms with van der Waals surface area (Å²) in [5.74, 6) is 0.631. The average Bonchev–Trinajstić information content (AvgIpc) is 3.08. The predicted octanol–water partition coefficient (Wildman–Crippen LogP) is 3.35. The van der Waals surface area contributed by atoms with E-state index in [4.69, 9.17) is 11.5 Å². The highest BCUT2D eigenvalue weighted by Crippen LogP contribution is 2.33. The van der Waals surface area contributed by atoms with Crippen molar-refractivity contribution in [2.75, 3.05) is 25.0 Å². The van der Waals surface area contributed by atoms with Crippen molar-refractivity contribution in [1.29, 1.82) is 0 Å². The molecule has 1 aliphatic heterocycles. The van der Waals surface area contributed by atoms with Crippen molar-refractivity contribution in [3.05, 3.63) is 58.7 Å². The molecule has 0 aromatic heterocycles. The number of aryl methyl sites for hydroxylation is 2. The van der Waals surface area contributed by atoms with Crippen LogP contribution in [0.15, 0.2) is 36.2 Å². The van der Waals surface area contributed by atoms with Crippen LogP contribution in [0.25, 0.3) is 17.2 Å². The van der Waals surface area contributed by atoms with Crippen LogP contribution in [0.1, 0.15) is 23.1 Å². The standard InChI is InChI=1S/C21H27FN4/c1-13-4-3-5-18(22)21(13)16-8-14(2)17(10-20(23)24)19(9-16)26-12-15-6-7-25-11-15/h3-5,8-10,15,25-26H,6-7,11-12,23-24H2,1-2H3/t15-/m0/s1. The number of benzene rings is 2. The summed E-state index contributed by atoms with van der Waals surface area (Å²) >= 11 is 0. The topological polar surface area (TPSA) is 76.1 Å². The fraction of sp³-hybridized carbons (Fsp3) is 0.333. The van der Waals surface area contributed by atoms with E-state index in [2.05, 4.69) is 10.6 Å². The first kappa shape index (κ1) is 18.3. The normalized spacial score (nSPS) is 16.5. The van der Waals surface area contributed by atoms with Crippen LogP contribution >= 0.6 is 0 Å². The molecule has 4 nitrogen and oxygen atoms in total. The lowest BCUT2D eigenvalue weighted by molar-refractivity contribution is 0.615. The van der Waals surface area contributed by atoms with Gasteiger partial charge >= 0.3 is 0 Å². The molecule has 1 saturated heterocycles. The molecule has 138 valence electrons. The monoisotopic (exact) mass is 354 g/mol. The van der Waals surface area contributed by atoms with Crippen molar-refractivity contribution >= 4 is 11.8 Å². The first-order valence-corrected chi connectivity index (χ1v) is 9.03. The van der Waals surface area contributed by atoms with Gasteiger partial charge in [0.25, 0.3) is 0 Å². The van der Waals surface area contributed by atoms with Gasteiger partial charge in [0.1, 0.15) is 5.82 Å². The van der Waals surface area contributed by atoms with Crippen LogP contribution in [0.5, 0.6) is 0 Å². The lowest BCUT2D eigenvalue weighted by Crippen LogP contribution is -2.18. The molecule has 3 rings (SSSR count). The molecule has 2 aromatic carbocycles. The Morgan fingerprint density at radius 1 is 1.27 bits per heavy atom. The second kappa shape index (κ2) is 7.79. The number of rotatable bonds is 5. The zero-order valence-corrected chi connectivity index (χ0v) is 15.4. The highest BCUT2D eigenvalue weighted by molar-refractivity contribution is 5.79. The Bertz CT molecular complexity index is 799. The highest BCUT2D eigenvalue weighted by atomic mass is 19.1. The number of hydrogen-bond acceptors (Lipinski definition) is 4. The molecule has 1 fully saturated rings. The summed E-state index contributed by atoms with van der Waals surface area (Å²) in [4.78, 5) is 0. The second-order valence-electron chi connectivity index (χ2n) is 7.07. The minimum Gasteiger partial charge on any atom is -0.386 e. The summed E-state index contributed by atoms with van der Waals surface area (Å²) in [6.45, 7) is 6.86. The smallest absolute Gasteiger partial charge is 0.131 e. The van der Waals surface area contributed by atoms with E-state index in [0.29, 0.717) is 11.5 Å². The minimum atomic E-state index is -0.211. The molecule has 0 bridgehead atoms. The molecule has 0 saturated carbocycles. The maximum atomic E-state index is 14.5. The third-order valence-corrected chi connectivity index (χ3v) is 4.95. The Labute approximate surface area is 154 Å². The van der Waals surface area contributed by atoms with Crippen molar-refractivity contribution in [3.63, 3.8) is 0 Å². The summed E-state index contributed by atoms with van der Waals surface area (Å²) in [5, 5.41) is 6.91. The maximum absolute atomic E-state index is 14.5. The van der Waals surface area contributed by atoms with Gasteiger partial charge in [-0.2, -0.15) is 0 Å². The molecule has 6 N–H and O–H groups in total. The van der Waals surface area contributed by atoms with Gasteiger partial charge in [-0.25, -0.2) is 4.39 Å². The third-order valence-electron chi connectivity index (χ3n) is 4.95. The predicted molar refractivity (Wildman–Crippen MR) is 107 cm³/mol. The molecule has 2 aromatic rings. The maximum Gasteiger partial charge on any atom is 0.131 e. The van der Waals surface area contributed by atoms with Gasteiger partial charge in [-0.1, -0.05) is 18.2 Å². The van der Waals surface area contributed by atoms with Crippen LogP contribution in [-0.2, 0) is 0 Å². The second-order valence-corrected chi connectivity index (χ2v) is 7.07. The van der Waals surface area contributed by atoms with Crippen molar-refractivity contribution < 1.29 is 4.39 Å². The van der Waals surface area contributed by atoms with E-state index in [0.717, 1.165) is 54.0 Å². The van der Waals surface area contributed by atoms with Gasteiger partial charge < -0.3 is 22.1 Å². The lowest BCUT2D eigenvalue weighted by Gasteiger charge is -2.18. The van der Waals surface area contributed by atoms with E-state index in [1.54, 1.807) is 12.1 Å². The van der Waals surface area contributed by atoms with Gasteiger partial charge in [-0.15, -0.1) is 0 Å². The first-order chi connectivity index (χ1) is 12.5. The van der Waals surface area contributed by atoms with Crippen LogP contribution in [0.2, 0.25) is 0 Å². The molecule has 0 radical (unpaired) electrons. The summed E-state index contributed by atoms with van der Waals surface area (Å²) in [5.41, 5.74) is 16.7. The van der Waals surface area contributed by atoms with Gasteiger partial charge in [0.05, 0.1) is 5.82 Å². The van der Waals surface area contributed by atoms with Gasteiger partial charge in [-0.05, 0) is 74.2 Å². The molecular formula is C21H27FN4. The quantitative estimate of drug-likeness (QED) is 0.664. The van der Waals surface area contributed by atoms with Crippen LogP contribution < -0.4 is 22.1 Å². The average molecular weight is 354 g/mol. The van der Waals surface area contributed by atoms with E-state index < -0.39 is 0 Å². The Morgan fingerprint density at radius 3 is 2.73 bits per heavy atom. The summed E-state index contributed by atoms with van der Waals surface area (Å²) in [6, 6.07) is 9.15. The molecule has 0 amide bonds. The van der Waals surface area contributed by atoms with Crippen LogP contribution in [0.3, 0.4) is 0 Å². The molecule has 0 spiro atoms. The Morgan fingerprint density at radius 2 is 2.08 bits per heavy atom. The van der Waals surface area contributed by atoms with E-state index >= 15 is 0 Å². The summed E-state index contributed by atoms with van der Waals surface area (Å²) in [7, 11) is 0. The highest BCUT2D eigenvalue weighted by Gasteiger charge is 2.16. The molecule has 26 heavy (non-hydrogen) atoms. The number of hydrogen-bond donors (Lipinski definition) is 4. The zero-order chi connectivity index (χ0) is 18.7. The van der Waals surface area contributed by atoms with Gasteiger partial charge in [-0.3, -0.25) is 0 Å². The number of nitrogens with two attached hydrogens (primary N) is 2. The van der Waals surface area contributed by atoms with Crippen molar-refractivity contribution in [2.24, 2.45) is 17.4 Å². The number of nitrogens with one attached hydrogen (secondary N) is 2. The van der Waals surface area contributed by atoms with Crippen LogP contribution in [0, 0.1) is 25.6 Å². The molecule has 1 aliphatic rings. The molecule has 1 heterocycles. The van der Waals surface area contributed by atoms with Crippen LogP contribution in [-0.4, -0.2) is 19.6 Å². The first-order valence-electron chi connectivity index (χ1n) is 9.03.